The number of aliphatic hydroxyl groups excluding tert-OH is 1. The predicted octanol–water partition coefficient (Wildman–Crippen LogP) is 1.79. The molecule has 0 amide bonds. The van der Waals surface area contributed by atoms with Crippen LogP contribution in [0.5, 0.6) is 0 Å². The van der Waals surface area contributed by atoms with Crippen LogP contribution in [0.25, 0.3) is 10.2 Å². The molecule has 56 valence electrons. The Hall–Kier alpha value is -0.930. The van der Waals surface area contributed by atoms with E-state index in [2.05, 4.69) is 4.98 Å². The van der Waals surface area contributed by atoms with Gasteiger partial charge in [-0.15, -0.1) is 11.3 Å². The highest BCUT2D eigenvalue weighted by Crippen LogP contribution is 2.21. The van der Waals surface area contributed by atoms with Crippen molar-refractivity contribution >= 4 is 21.6 Å². The van der Waals surface area contributed by atoms with Gasteiger partial charge < -0.3 is 5.11 Å². The normalized spacial score (nSPS) is 10.6. The van der Waals surface area contributed by atoms with Crippen LogP contribution < -0.4 is 0 Å². The smallest absolute Gasteiger partial charge is 0.123 e. The van der Waals surface area contributed by atoms with Crippen molar-refractivity contribution in [1.82, 2.24) is 4.98 Å². The van der Waals surface area contributed by atoms with Gasteiger partial charge in [0.2, 0.25) is 0 Å². The first-order valence-electron chi connectivity index (χ1n) is 3.34. The lowest BCUT2D eigenvalue weighted by atomic mass is 10.2. The second-order valence-electron chi connectivity index (χ2n) is 2.27. The maximum absolute atomic E-state index is 8.93. The number of aromatic nitrogens is 1. The van der Waals surface area contributed by atoms with Gasteiger partial charge in [-0.05, 0) is 23.1 Å². The summed E-state index contributed by atoms with van der Waals surface area (Å²) in [6.45, 7) is 0.0930. The Labute approximate surface area is 68.1 Å². The summed E-state index contributed by atoms with van der Waals surface area (Å²) in [5.74, 6) is 0. The monoisotopic (exact) mass is 165 g/mol. The molecule has 1 N–H and O–H groups in total. The maximum atomic E-state index is 8.93. The van der Waals surface area contributed by atoms with E-state index < -0.39 is 0 Å². The standard InChI is InChI=1S/C8H7NOS/c10-5-6-1-3-9-8-7(6)2-4-11-8/h1-4,10H,5H2. The zero-order valence-corrected chi connectivity index (χ0v) is 6.64. The number of hydrogen-bond donors (Lipinski definition) is 1. The van der Waals surface area contributed by atoms with E-state index in [0.717, 1.165) is 15.8 Å². The van der Waals surface area contributed by atoms with Crippen molar-refractivity contribution in [2.45, 2.75) is 6.61 Å². The van der Waals surface area contributed by atoms with Gasteiger partial charge in [0.15, 0.2) is 0 Å². The van der Waals surface area contributed by atoms with Crippen LogP contribution in [-0.4, -0.2) is 10.1 Å². The molecule has 0 aromatic carbocycles. The Morgan fingerprint density at radius 1 is 1.45 bits per heavy atom. The van der Waals surface area contributed by atoms with Gasteiger partial charge in [-0.1, -0.05) is 0 Å². The first-order valence-corrected chi connectivity index (χ1v) is 4.22. The minimum Gasteiger partial charge on any atom is -0.392 e. The molecule has 0 bridgehead atoms. The Morgan fingerprint density at radius 2 is 2.36 bits per heavy atom. The van der Waals surface area contributed by atoms with Crippen LogP contribution >= 0.6 is 11.3 Å². The highest BCUT2D eigenvalue weighted by atomic mass is 32.1. The van der Waals surface area contributed by atoms with E-state index in [1.165, 1.54) is 0 Å². The number of fused-ring (bicyclic) bond motifs is 1. The molecule has 11 heavy (non-hydrogen) atoms. The molecule has 2 nitrogen and oxygen atoms in total. The molecule has 0 spiro atoms. The van der Waals surface area contributed by atoms with Crippen molar-refractivity contribution in [1.29, 1.82) is 0 Å². The molecule has 2 aromatic rings. The van der Waals surface area contributed by atoms with E-state index in [0.29, 0.717) is 0 Å². The Morgan fingerprint density at radius 3 is 3.18 bits per heavy atom. The molecule has 2 heterocycles. The SMILES string of the molecule is OCc1ccnc2sccc12. The van der Waals surface area contributed by atoms with E-state index in [1.807, 2.05) is 17.5 Å². The van der Waals surface area contributed by atoms with E-state index in [-0.39, 0.29) is 6.61 Å². The minimum absolute atomic E-state index is 0.0930. The van der Waals surface area contributed by atoms with Crippen molar-refractivity contribution in [3.05, 3.63) is 29.3 Å². The third-order valence-electron chi connectivity index (χ3n) is 1.63. The number of hydrogen-bond acceptors (Lipinski definition) is 3. The average molecular weight is 165 g/mol. The molecule has 0 atom stereocenters. The van der Waals surface area contributed by atoms with Crippen LogP contribution in [-0.2, 0) is 6.61 Å². The van der Waals surface area contributed by atoms with Gasteiger partial charge in [0.25, 0.3) is 0 Å². The summed E-state index contributed by atoms with van der Waals surface area (Å²) in [7, 11) is 0. The molecule has 0 fully saturated rings. The number of thiophene rings is 1. The van der Waals surface area contributed by atoms with Gasteiger partial charge >= 0.3 is 0 Å². The quantitative estimate of drug-likeness (QED) is 0.698. The van der Waals surface area contributed by atoms with Gasteiger partial charge in [0, 0.05) is 11.6 Å². The first kappa shape index (κ1) is 6.76. The summed E-state index contributed by atoms with van der Waals surface area (Å²) < 4.78 is 0. The van der Waals surface area contributed by atoms with Crippen LogP contribution in [0.2, 0.25) is 0 Å². The summed E-state index contributed by atoms with van der Waals surface area (Å²) in [5, 5.41) is 12.0. The summed E-state index contributed by atoms with van der Waals surface area (Å²) in [5.41, 5.74) is 0.955. The van der Waals surface area contributed by atoms with E-state index in [1.54, 1.807) is 17.5 Å². The average Bonchev–Trinajstić information content (AvgIpc) is 2.50. The fraction of sp³-hybridized carbons (Fsp3) is 0.125. The molecule has 3 heteroatoms. The lowest BCUT2D eigenvalue weighted by molar-refractivity contribution is 0.283. The number of pyridine rings is 1. The highest BCUT2D eigenvalue weighted by molar-refractivity contribution is 7.16. The lowest BCUT2D eigenvalue weighted by Crippen LogP contribution is -1.83. The maximum Gasteiger partial charge on any atom is 0.123 e. The zero-order valence-electron chi connectivity index (χ0n) is 5.82. The van der Waals surface area contributed by atoms with E-state index in [9.17, 15) is 0 Å². The van der Waals surface area contributed by atoms with Gasteiger partial charge in [-0.25, -0.2) is 4.98 Å². The number of aliphatic hydroxyl groups is 1. The van der Waals surface area contributed by atoms with Crippen molar-refractivity contribution in [2.75, 3.05) is 0 Å². The third kappa shape index (κ3) is 1.02. The lowest BCUT2D eigenvalue weighted by Gasteiger charge is -1.95. The Kier molecular flexibility index (Phi) is 1.60. The van der Waals surface area contributed by atoms with E-state index >= 15 is 0 Å². The second-order valence-corrected chi connectivity index (χ2v) is 3.16. The van der Waals surface area contributed by atoms with Crippen molar-refractivity contribution in [3.63, 3.8) is 0 Å². The molecule has 0 aliphatic rings. The minimum atomic E-state index is 0.0930. The van der Waals surface area contributed by atoms with Crippen LogP contribution in [0.1, 0.15) is 5.56 Å². The first-order chi connectivity index (χ1) is 5.42. The van der Waals surface area contributed by atoms with Gasteiger partial charge in [0.1, 0.15) is 4.83 Å². The van der Waals surface area contributed by atoms with Crippen molar-refractivity contribution in [2.24, 2.45) is 0 Å². The Bertz CT molecular complexity index is 369. The summed E-state index contributed by atoms with van der Waals surface area (Å²) in [6.07, 6.45) is 1.73. The topological polar surface area (TPSA) is 33.1 Å². The van der Waals surface area contributed by atoms with Crippen LogP contribution in [0, 0.1) is 0 Å². The molecular formula is C8H7NOS. The van der Waals surface area contributed by atoms with E-state index in [4.69, 9.17) is 5.11 Å². The zero-order chi connectivity index (χ0) is 7.68. The molecule has 0 unspecified atom stereocenters. The molecule has 0 aliphatic carbocycles. The summed E-state index contributed by atoms with van der Waals surface area (Å²) in [4.78, 5) is 5.15. The van der Waals surface area contributed by atoms with Crippen LogP contribution in [0.15, 0.2) is 23.7 Å². The molecule has 0 radical (unpaired) electrons. The predicted molar refractivity (Wildman–Crippen MR) is 45.5 cm³/mol. The summed E-state index contributed by atoms with van der Waals surface area (Å²) >= 11 is 1.59. The van der Waals surface area contributed by atoms with Gasteiger partial charge in [-0.2, -0.15) is 0 Å². The summed E-state index contributed by atoms with van der Waals surface area (Å²) in [6, 6.07) is 3.83. The molecule has 2 aromatic heterocycles. The molecular weight excluding hydrogens is 158 g/mol. The highest BCUT2D eigenvalue weighted by Gasteiger charge is 1.99. The van der Waals surface area contributed by atoms with Crippen molar-refractivity contribution in [3.8, 4) is 0 Å². The van der Waals surface area contributed by atoms with Crippen molar-refractivity contribution < 1.29 is 5.11 Å². The van der Waals surface area contributed by atoms with Crippen LogP contribution in [0.3, 0.4) is 0 Å². The third-order valence-corrected chi connectivity index (χ3v) is 2.45. The number of nitrogens with zero attached hydrogens (tertiary/aromatic N) is 1. The Balaban J connectivity index is 2.79. The molecule has 2 rings (SSSR count). The number of rotatable bonds is 1. The van der Waals surface area contributed by atoms with Crippen LogP contribution in [0.4, 0.5) is 0 Å². The molecule has 0 saturated carbocycles. The molecule has 0 aliphatic heterocycles. The molecule has 0 saturated heterocycles. The largest absolute Gasteiger partial charge is 0.392 e. The van der Waals surface area contributed by atoms with Gasteiger partial charge in [-0.3, -0.25) is 0 Å². The fourth-order valence-corrected chi connectivity index (χ4v) is 1.85. The second kappa shape index (κ2) is 2.60. The van der Waals surface area contributed by atoms with Gasteiger partial charge in [0.05, 0.1) is 6.61 Å². The fourth-order valence-electron chi connectivity index (χ4n) is 1.07.